The van der Waals surface area contributed by atoms with Crippen molar-refractivity contribution in [1.29, 1.82) is 0 Å². The highest BCUT2D eigenvalue weighted by Gasteiger charge is 2.04. The Labute approximate surface area is 136 Å². The maximum absolute atomic E-state index is 13.4. The van der Waals surface area contributed by atoms with E-state index in [9.17, 15) is 9.18 Å². The minimum absolute atomic E-state index is 0.0889. The number of thioether (sulfide) groups is 1. The number of carbonyl (C=O) groups excluding carboxylic acids is 1. The highest BCUT2D eigenvalue weighted by atomic mass is 79.9. The lowest BCUT2D eigenvalue weighted by atomic mass is 10.2. The fourth-order valence-corrected chi connectivity index (χ4v) is 2.85. The standard InChI is InChI=1S/C16H15BrFNOS/c17-14-7-5-12(6-8-14)16(20)19-9-10-21-11-13-3-1-2-4-15(13)18/h1-8H,9-11H2,(H,19,20). The Morgan fingerprint density at radius 2 is 1.86 bits per heavy atom. The molecule has 0 saturated carbocycles. The molecular formula is C16H15BrFNOS. The molecule has 0 aliphatic carbocycles. The third-order valence-corrected chi connectivity index (χ3v) is 4.39. The van der Waals surface area contributed by atoms with Crippen LogP contribution in [0.2, 0.25) is 0 Å². The molecule has 0 unspecified atom stereocenters. The van der Waals surface area contributed by atoms with Crippen molar-refractivity contribution in [3.05, 3.63) is 69.9 Å². The average Bonchev–Trinajstić information content (AvgIpc) is 2.49. The number of carbonyl (C=O) groups is 1. The molecule has 0 radical (unpaired) electrons. The van der Waals surface area contributed by atoms with Crippen molar-refractivity contribution in [2.45, 2.75) is 5.75 Å². The Balaban J connectivity index is 1.69. The molecule has 0 heterocycles. The van der Waals surface area contributed by atoms with E-state index < -0.39 is 0 Å². The minimum Gasteiger partial charge on any atom is -0.351 e. The number of rotatable bonds is 6. The van der Waals surface area contributed by atoms with Gasteiger partial charge in [-0.15, -0.1) is 0 Å². The molecule has 0 aliphatic rings. The van der Waals surface area contributed by atoms with Gasteiger partial charge in [-0.3, -0.25) is 4.79 Å². The van der Waals surface area contributed by atoms with Crippen LogP contribution in [0, 0.1) is 5.82 Å². The number of hydrogen-bond donors (Lipinski definition) is 1. The number of halogens is 2. The number of benzene rings is 2. The zero-order valence-corrected chi connectivity index (χ0v) is 13.7. The predicted octanol–water partition coefficient (Wildman–Crippen LogP) is 4.25. The van der Waals surface area contributed by atoms with Crippen molar-refractivity contribution in [3.8, 4) is 0 Å². The first-order chi connectivity index (χ1) is 10.2. The van der Waals surface area contributed by atoms with Crippen molar-refractivity contribution in [1.82, 2.24) is 5.32 Å². The van der Waals surface area contributed by atoms with Crippen molar-refractivity contribution in [3.63, 3.8) is 0 Å². The van der Waals surface area contributed by atoms with Crippen LogP contribution in [-0.4, -0.2) is 18.2 Å². The van der Waals surface area contributed by atoms with E-state index in [1.807, 2.05) is 18.2 Å². The predicted molar refractivity (Wildman–Crippen MR) is 89.0 cm³/mol. The first-order valence-electron chi connectivity index (χ1n) is 6.52. The molecule has 5 heteroatoms. The molecule has 0 aliphatic heterocycles. The topological polar surface area (TPSA) is 29.1 Å². The van der Waals surface area contributed by atoms with Crippen LogP contribution in [0.1, 0.15) is 15.9 Å². The second-order valence-corrected chi connectivity index (χ2v) is 6.43. The van der Waals surface area contributed by atoms with Crippen LogP contribution in [-0.2, 0) is 5.75 Å². The summed E-state index contributed by atoms with van der Waals surface area (Å²) in [6.07, 6.45) is 0. The van der Waals surface area contributed by atoms with Crippen LogP contribution in [0.25, 0.3) is 0 Å². The molecule has 2 aromatic carbocycles. The smallest absolute Gasteiger partial charge is 0.251 e. The lowest BCUT2D eigenvalue weighted by molar-refractivity contribution is 0.0956. The second-order valence-electron chi connectivity index (χ2n) is 4.41. The summed E-state index contributed by atoms with van der Waals surface area (Å²) in [4.78, 5) is 11.8. The van der Waals surface area contributed by atoms with Gasteiger partial charge in [0.1, 0.15) is 5.82 Å². The van der Waals surface area contributed by atoms with Gasteiger partial charge in [0.2, 0.25) is 0 Å². The van der Waals surface area contributed by atoms with E-state index >= 15 is 0 Å². The summed E-state index contributed by atoms with van der Waals surface area (Å²) >= 11 is 4.93. The van der Waals surface area contributed by atoms with Gasteiger partial charge in [-0.25, -0.2) is 4.39 Å². The molecule has 110 valence electrons. The fourth-order valence-electron chi connectivity index (χ4n) is 1.74. The molecule has 2 nitrogen and oxygen atoms in total. The Bertz CT molecular complexity index is 603. The van der Waals surface area contributed by atoms with Crippen LogP contribution in [0.3, 0.4) is 0 Å². The van der Waals surface area contributed by atoms with Crippen LogP contribution >= 0.6 is 27.7 Å². The van der Waals surface area contributed by atoms with Crippen LogP contribution < -0.4 is 5.32 Å². The highest BCUT2D eigenvalue weighted by Crippen LogP contribution is 2.15. The van der Waals surface area contributed by atoms with Crippen molar-refractivity contribution < 1.29 is 9.18 Å². The van der Waals surface area contributed by atoms with Gasteiger partial charge < -0.3 is 5.32 Å². The maximum atomic E-state index is 13.4. The molecule has 0 aromatic heterocycles. The summed E-state index contributed by atoms with van der Waals surface area (Å²) in [6, 6.07) is 14.0. The molecule has 0 saturated heterocycles. The third-order valence-electron chi connectivity index (χ3n) is 2.85. The molecule has 2 aromatic rings. The van der Waals surface area contributed by atoms with E-state index in [4.69, 9.17) is 0 Å². The number of hydrogen-bond acceptors (Lipinski definition) is 2. The van der Waals surface area contributed by atoms with Crippen molar-refractivity contribution >= 4 is 33.6 Å². The lowest BCUT2D eigenvalue weighted by Crippen LogP contribution is -2.25. The van der Waals surface area contributed by atoms with Gasteiger partial charge in [0.25, 0.3) is 5.91 Å². The first-order valence-corrected chi connectivity index (χ1v) is 8.46. The van der Waals surface area contributed by atoms with Gasteiger partial charge in [-0.05, 0) is 35.9 Å². The summed E-state index contributed by atoms with van der Waals surface area (Å²) < 4.78 is 14.3. The van der Waals surface area contributed by atoms with E-state index in [2.05, 4.69) is 21.2 Å². The van der Waals surface area contributed by atoms with Gasteiger partial charge in [-0.1, -0.05) is 34.1 Å². The molecule has 0 bridgehead atoms. The summed E-state index contributed by atoms with van der Waals surface area (Å²) in [7, 11) is 0. The quantitative estimate of drug-likeness (QED) is 0.773. The Hall–Kier alpha value is -1.33. The van der Waals surface area contributed by atoms with E-state index in [0.29, 0.717) is 23.4 Å². The largest absolute Gasteiger partial charge is 0.351 e. The molecule has 0 fully saturated rings. The van der Waals surface area contributed by atoms with E-state index in [1.165, 1.54) is 6.07 Å². The Morgan fingerprint density at radius 1 is 1.14 bits per heavy atom. The molecule has 1 N–H and O–H groups in total. The first kappa shape index (κ1) is 16.0. The third kappa shape index (κ3) is 5.17. The number of amides is 1. The minimum atomic E-state index is -0.177. The van der Waals surface area contributed by atoms with Gasteiger partial charge >= 0.3 is 0 Å². The zero-order chi connectivity index (χ0) is 15.1. The van der Waals surface area contributed by atoms with E-state index in [1.54, 1.807) is 36.0 Å². The SMILES string of the molecule is O=C(NCCSCc1ccccc1F)c1ccc(Br)cc1. The molecule has 2 rings (SSSR count). The maximum Gasteiger partial charge on any atom is 0.251 e. The Morgan fingerprint density at radius 3 is 2.57 bits per heavy atom. The lowest BCUT2D eigenvalue weighted by Gasteiger charge is -2.06. The highest BCUT2D eigenvalue weighted by molar-refractivity contribution is 9.10. The van der Waals surface area contributed by atoms with Crippen molar-refractivity contribution in [2.24, 2.45) is 0 Å². The van der Waals surface area contributed by atoms with Gasteiger partial charge in [0.15, 0.2) is 0 Å². The Kier molecular flexibility index (Phi) is 6.26. The second kappa shape index (κ2) is 8.20. The molecule has 1 amide bonds. The molecule has 0 atom stereocenters. The van der Waals surface area contributed by atoms with E-state index in [-0.39, 0.29) is 11.7 Å². The van der Waals surface area contributed by atoms with E-state index in [0.717, 1.165) is 10.2 Å². The van der Waals surface area contributed by atoms with Gasteiger partial charge in [0, 0.05) is 28.1 Å². The van der Waals surface area contributed by atoms with Crippen LogP contribution in [0.15, 0.2) is 53.0 Å². The van der Waals surface area contributed by atoms with Crippen LogP contribution in [0.5, 0.6) is 0 Å². The van der Waals surface area contributed by atoms with Gasteiger partial charge in [0.05, 0.1) is 0 Å². The monoisotopic (exact) mass is 367 g/mol. The summed E-state index contributed by atoms with van der Waals surface area (Å²) in [5.74, 6) is 1.09. The average molecular weight is 368 g/mol. The molecular weight excluding hydrogens is 353 g/mol. The van der Waals surface area contributed by atoms with Crippen LogP contribution in [0.4, 0.5) is 4.39 Å². The normalized spacial score (nSPS) is 10.4. The van der Waals surface area contributed by atoms with Gasteiger partial charge in [-0.2, -0.15) is 11.8 Å². The molecule has 21 heavy (non-hydrogen) atoms. The summed E-state index contributed by atoms with van der Waals surface area (Å²) in [5.41, 5.74) is 1.33. The zero-order valence-electron chi connectivity index (χ0n) is 11.3. The fraction of sp³-hybridized carbons (Fsp3) is 0.188. The summed E-state index contributed by atoms with van der Waals surface area (Å²) in [6.45, 7) is 0.564. The van der Waals surface area contributed by atoms with Crippen molar-refractivity contribution in [2.75, 3.05) is 12.3 Å². The molecule has 0 spiro atoms. The number of nitrogens with one attached hydrogen (secondary N) is 1. The summed E-state index contributed by atoms with van der Waals surface area (Å²) in [5, 5.41) is 2.85.